The lowest BCUT2D eigenvalue weighted by Crippen LogP contribution is -2.29. The summed E-state index contributed by atoms with van der Waals surface area (Å²) in [4.78, 5) is 14.8. The lowest BCUT2D eigenvalue weighted by molar-refractivity contribution is -0.126. The van der Waals surface area contributed by atoms with Gasteiger partial charge in [0.1, 0.15) is 11.5 Å². The Bertz CT molecular complexity index is 943. The number of likely N-dealkylation sites (tertiary alicyclic amines) is 1. The van der Waals surface area contributed by atoms with Crippen molar-refractivity contribution in [2.75, 3.05) is 35.0 Å². The third-order valence-electron chi connectivity index (χ3n) is 5.21. The van der Waals surface area contributed by atoms with Gasteiger partial charge in [-0.2, -0.15) is 0 Å². The van der Waals surface area contributed by atoms with Crippen LogP contribution in [-0.2, 0) is 4.79 Å². The van der Waals surface area contributed by atoms with E-state index in [4.69, 9.17) is 30.5 Å². The van der Waals surface area contributed by atoms with Gasteiger partial charge in [0, 0.05) is 24.3 Å². The van der Waals surface area contributed by atoms with E-state index in [1.807, 2.05) is 23.1 Å². The summed E-state index contributed by atoms with van der Waals surface area (Å²) in [5, 5.41) is 0.422. The van der Waals surface area contributed by atoms with Gasteiger partial charge in [-0.1, -0.05) is 11.6 Å². The molecule has 0 saturated carbocycles. The summed E-state index contributed by atoms with van der Waals surface area (Å²) in [6.07, 6.45) is 5.11. The number of carbonyl (C=O) groups is 1. The Morgan fingerprint density at radius 1 is 1.03 bits per heavy atom. The summed E-state index contributed by atoms with van der Waals surface area (Å²) in [7, 11) is 6.32. The lowest BCUT2D eigenvalue weighted by Gasteiger charge is -2.25. The van der Waals surface area contributed by atoms with Crippen LogP contribution in [-0.4, -0.2) is 45.8 Å². The maximum Gasteiger partial charge on any atom is 0.247 e. The quantitative estimate of drug-likeness (QED) is 0.592. The van der Waals surface area contributed by atoms with Crippen molar-refractivity contribution < 1.29 is 23.7 Å². The highest BCUT2D eigenvalue weighted by atomic mass is 35.5. The van der Waals surface area contributed by atoms with E-state index < -0.39 is 0 Å². The van der Waals surface area contributed by atoms with Crippen molar-refractivity contribution in [1.82, 2.24) is 4.90 Å². The minimum atomic E-state index is -0.0683. The normalized spacial score (nSPS) is 16.0. The van der Waals surface area contributed by atoms with Crippen LogP contribution in [0, 0.1) is 0 Å². The maximum atomic E-state index is 13.0. The van der Waals surface area contributed by atoms with Crippen molar-refractivity contribution in [2.24, 2.45) is 0 Å². The van der Waals surface area contributed by atoms with Crippen molar-refractivity contribution in [3.05, 3.63) is 52.6 Å². The molecule has 0 aromatic heterocycles. The molecule has 0 N–H and O–H groups in total. The number of hydrogen-bond acceptors (Lipinski definition) is 5. The summed E-state index contributed by atoms with van der Waals surface area (Å²) in [5.74, 6) is 2.35. The first kappa shape index (κ1) is 21.8. The van der Waals surface area contributed by atoms with E-state index in [-0.39, 0.29) is 11.9 Å². The second-order valence-electron chi connectivity index (χ2n) is 6.87. The Morgan fingerprint density at radius 3 is 2.47 bits per heavy atom. The standard InChI is InChI=1S/C23H26ClNO5/c1-27-16-8-9-17(20(14-16)28-2)19-6-5-11-25(19)22(26)10-7-15-12-18(24)23(30-4)21(13-15)29-3/h7-10,12-14,19H,5-6,11H2,1-4H3/b10-7+. The molecule has 160 valence electrons. The van der Waals surface area contributed by atoms with E-state index in [9.17, 15) is 4.79 Å². The van der Waals surface area contributed by atoms with Crippen LogP contribution in [0.3, 0.4) is 0 Å². The van der Waals surface area contributed by atoms with Crippen LogP contribution >= 0.6 is 11.6 Å². The summed E-state index contributed by atoms with van der Waals surface area (Å²) >= 11 is 6.26. The van der Waals surface area contributed by atoms with Crippen LogP contribution in [0.25, 0.3) is 6.08 Å². The number of carbonyl (C=O) groups excluding carboxylic acids is 1. The van der Waals surface area contributed by atoms with Crippen molar-refractivity contribution >= 4 is 23.6 Å². The van der Waals surface area contributed by atoms with Crippen LogP contribution in [0.4, 0.5) is 0 Å². The molecule has 0 spiro atoms. The molecule has 1 amide bonds. The highest BCUT2D eigenvalue weighted by Crippen LogP contribution is 2.39. The number of benzene rings is 2. The van der Waals surface area contributed by atoms with E-state index in [0.29, 0.717) is 23.1 Å². The number of ether oxygens (including phenoxy) is 4. The number of rotatable bonds is 7. The molecule has 1 aliphatic heterocycles. The molecule has 2 aromatic rings. The first-order chi connectivity index (χ1) is 14.5. The minimum Gasteiger partial charge on any atom is -0.497 e. The summed E-state index contributed by atoms with van der Waals surface area (Å²) < 4.78 is 21.4. The molecule has 2 aromatic carbocycles. The predicted molar refractivity (Wildman–Crippen MR) is 117 cm³/mol. The molecule has 3 rings (SSSR count). The average molecular weight is 432 g/mol. The number of nitrogens with zero attached hydrogens (tertiary/aromatic N) is 1. The molecule has 0 bridgehead atoms. The molecule has 1 saturated heterocycles. The predicted octanol–water partition coefficient (Wildman–Crippen LogP) is 4.75. The molecule has 7 heteroatoms. The van der Waals surface area contributed by atoms with E-state index in [0.717, 1.165) is 35.5 Å². The third-order valence-corrected chi connectivity index (χ3v) is 5.49. The van der Waals surface area contributed by atoms with Gasteiger partial charge in [0.05, 0.1) is 39.5 Å². The van der Waals surface area contributed by atoms with Gasteiger partial charge >= 0.3 is 0 Å². The number of hydrogen-bond donors (Lipinski definition) is 0. The Balaban J connectivity index is 1.82. The third kappa shape index (κ3) is 4.49. The molecule has 1 heterocycles. The summed E-state index contributed by atoms with van der Waals surface area (Å²) in [6, 6.07) is 9.17. The van der Waals surface area contributed by atoms with Crippen LogP contribution in [0.5, 0.6) is 23.0 Å². The van der Waals surface area contributed by atoms with Gasteiger partial charge in [0.2, 0.25) is 5.91 Å². The van der Waals surface area contributed by atoms with Gasteiger partial charge in [-0.15, -0.1) is 0 Å². The van der Waals surface area contributed by atoms with Crippen molar-refractivity contribution in [3.63, 3.8) is 0 Å². The smallest absolute Gasteiger partial charge is 0.247 e. The van der Waals surface area contributed by atoms with Crippen molar-refractivity contribution in [2.45, 2.75) is 18.9 Å². The highest BCUT2D eigenvalue weighted by Gasteiger charge is 2.31. The van der Waals surface area contributed by atoms with E-state index >= 15 is 0 Å². The molecule has 1 aliphatic rings. The van der Waals surface area contributed by atoms with Crippen LogP contribution in [0.1, 0.15) is 30.0 Å². The second kappa shape index (κ2) is 9.76. The van der Waals surface area contributed by atoms with Gasteiger partial charge in [0.25, 0.3) is 0 Å². The molecule has 1 fully saturated rings. The Kier molecular flexibility index (Phi) is 7.11. The Hall–Kier alpha value is -2.86. The molecular formula is C23H26ClNO5. The maximum absolute atomic E-state index is 13.0. The Morgan fingerprint density at radius 2 is 1.80 bits per heavy atom. The number of amides is 1. The van der Waals surface area contributed by atoms with Crippen molar-refractivity contribution in [3.8, 4) is 23.0 Å². The van der Waals surface area contributed by atoms with Gasteiger partial charge in [-0.05, 0) is 48.7 Å². The molecule has 0 aliphatic carbocycles. The molecule has 0 radical (unpaired) electrons. The first-order valence-electron chi connectivity index (χ1n) is 9.64. The fourth-order valence-corrected chi connectivity index (χ4v) is 4.04. The zero-order chi connectivity index (χ0) is 21.7. The van der Waals surface area contributed by atoms with E-state index in [1.54, 1.807) is 45.6 Å². The Labute approximate surface area is 181 Å². The molecule has 1 unspecified atom stereocenters. The fraction of sp³-hybridized carbons (Fsp3) is 0.348. The molecule has 1 atom stereocenters. The highest BCUT2D eigenvalue weighted by molar-refractivity contribution is 6.32. The zero-order valence-electron chi connectivity index (χ0n) is 17.6. The summed E-state index contributed by atoms with van der Waals surface area (Å²) in [6.45, 7) is 0.690. The molecule has 6 nitrogen and oxygen atoms in total. The number of halogens is 1. The summed E-state index contributed by atoms with van der Waals surface area (Å²) in [5.41, 5.74) is 1.73. The van der Waals surface area contributed by atoms with Crippen LogP contribution in [0.2, 0.25) is 5.02 Å². The van der Waals surface area contributed by atoms with Gasteiger partial charge in [-0.3, -0.25) is 4.79 Å². The van der Waals surface area contributed by atoms with E-state index in [2.05, 4.69) is 0 Å². The number of methoxy groups -OCH3 is 4. The largest absolute Gasteiger partial charge is 0.497 e. The lowest BCUT2D eigenvalue weighted by atomic mass is 10.0. The molecular weight excluding hydrogens is 406 g/mol. The zero-order valence-corrected chi connectivity index (χ0v) is 18.4. The fourth-order valence-electron chi connectivity index (χ4n) is 3.74. The first-order valence-corrected chi connectivity index (χ1v) is 10.0. The van der Waals surface area contributed by atoms with E-state index in [1.165, 1.54) is 7.11 Å². The second-order valence-corrected chi connectivity index (χ2v) is 7.28. The van der Waals surface area contributed by atoms with Gasteiger partial charge < -0.3 is 23.8 Å². The molecule has 30 heavy (non-hydrogen) atoms. The van der Waals surface area contributed by atoms with Gasteiger partial charge in [-0.25, -0.2) is 0 Å². The minimum absolute atomic E-state index is 0.0444. The SMILES string of the molecule is COc1ccc(C2CCCN2C(=O)/C=C/c2cc(Cl)c(OC)c(OC)c2)c(OC)c1. The van der Waals surface area contributed by atoms with Crippen molar-refractivity contribution in [1.29, 1.82) is 0 Å². The monoisotopic (exact) mass is 431 g/mol. The topological polar surface area (TPSA) is 57.2 Å². The van der Waals surface area contributed by atoms with Crippen LogP contribution < -0.4 is 18.9 Å². The van der Waals surface area contributed by atoms with Crippen LogP contribution in [0.15, 0.2) is 36.4 Å². The van der Waals surface area contributed by atoms with Gasteiger partial charge in [0.15, 0.2) is 11.5 Å². The average Bonchev–Trinajstić information content (AvgIpc) is 3.26.